The van der Waals surface area contributed by atoms with Gasteiger partial charge in [0.05, 0.1) is 14.2 Å². The van der Waals surface area contributed by atoms with Crippen LogP contribution in [0.1, 0.15) is 49.7 Å². The van der Waals surface area contributed by atoms with Gasteiger partial charge in [0.15, 0.2) is 0 Å². The van der Waals surface area contributed by atoms with Crippen LogP contribution in [-0.4, -0.2) is 38.3 Å². The van der Waals surface area contributed by atoms with Gasteiger partial charge in [-0.05, 0) is 57.3 Å². The van der Waals surface area contributed by atoms with Crippen molar-refractivity contribution < 1.29 is 9.47 Å². The highest BCUT2D eigenvalue weighted by molar-refractivity contribution is 5.52. The molecule has 0 spiro atoms. The van der Waals surface area contributed by atoms with E-state index < -0.39 is 0 Å². The Morgan fingerprint density at radius 1 is 1.14 bits per heavy atom. The molecule has 0 radical (unpaired) electrons. The molecule has 2 aliphatic rings. The molecule has 0 N–H and O–H groups in total. The summed E-state index contributed by atoms with van der Waals surface area (Å²) in [7, 11) is 3.57. The second-order valence-electron chi connectivity index (χ2n) is 6.25. The Labute approximate surface area is 128 Å². The molecule has 1 aliphatic heterocycles. The van der Waals surface area contributed by atoms with Gasteiger partial charge in [-0.2, -0.15) is 0 Å². The summed E-state index contributed by atoms with van der Waals surface area (Å²) in [6.45, 7) is 4.77. The number of rotatable bonds is 4. The molecule has 3 nitrogen and oxygen atoms in total. The fraction of sp³-hybridized carbons (Fsp3) is 0.667. The smallest absolute Gasteiger partial charge is 0.122 e. The van der Waals surface area contributed by atoms with E-state index in [9.17, 15) is 0 Å². The first-order valence-electron chi connectivity index (χ1n) is 8.28. The second kappa shape index (κ2) is 6.27. The van der Waals surface area contributed by atoms with Crippen LogP contribution in [0.5, 0.6) is 11.5 Å². The Kier molecular flexibility index (Phi) is 4.39. The SMILES string of the molecule is CCCN1CCC[C@H]2c3c(OC)ccc(OC)c3CC[C@@H]21. The Hall–Kier alpha value is -1.22. The largest absolute Gasteiger partial charge is 0.496 e. The van der Waals surface area contributed by atoms with Gasteiger partial charge in [-0.25, -0.2) is 0 Å². The third-order valence-electron chi connectivity index (χ3n) is 5.18. The van der Waals surface area contributed by atoms with Crippen molar-refractivity contribution in [1.82, 2.24) is 4.90 Å². The molecule has 1 aromatic carbocycles. The summed E-state index contributed by atoms with van der Waals surface area (Å²) >= 11 is 0. The van der Waals surface area contributed by atoms with Crippen molar-refractivity contribution in [1.29, 1.82) is 0 Å². The number of ether oxygens (including phenoxy) is 2. The molecular weight excluding hydrogens is 262 g/mol. The molecule has 21 heavy (non-hydrogen) atoms. The number of piperidine rings is 1. The molecule has 3 heteroatoms. The highest BCUT2D eigenvalue weighted by atomic mass is 16.5. The Morgan fingerprint density at radius 2 is 1.90 bits per heavy atom. The molecule has 0 saturated carbocycles. The quantitative estimate of drug-likeness (QED) is 0.845. The minimum Gasteiger partial charge on any atom is -0.496 e. The first-order valence-corrected chi connectivity index (χ1v) is 8.28. The first-order chi connectivity index (χ1) is 10.3. The van der Waals surface area contributed by atoms with Gasteiger partial charge < -0.3 is 9.47 Å². The van der Waals surface area contributed by atoms with Crippen molar-refractivity contribution in [3.05, 3.63) is 23.3 Å². The molecule has 0 unspecified atom stereocenters. The van der Waals surface area contributed by atoms with Gasteiger partial charge in [-0.1, -0.05) is 6.92 Å². The van der Waals surface area contributed by atoms with Crippen molar-refractivity contribution >= 4 is 0 Å². The molecule has 2 atom stereocenters. The van der Waals surface area contributed by atoms with E-state index in [1.54, 1.807) is 14.2 Å². The lowest BCUT2D eigenvalue weighted by Gasteiger charge is -2.45. The molecule has 1 saturated heterocycles. The van der Waals surface area contributed by atoms with E-state index in [1.165, 1.54) is 49.9 Å². The highest BCUT2D eigenvalue weighted by Crippen LogP contribution is 2.47. The van der Waals surface area contributed by atoms with Gasteiger partial charge in [0.1, 0.15) is 11.5 Å². The number of nitrogens with zero attached hydrogens (tertiary/aromatic N) is 1. The zero-order valence-corrected chi connectivity index (χ0v) is 13.5. The highest BCUT2D eigenvalue weighted by Gasteiger charge is 2.38. The Balaban J connectivity index is 2.01. The third-order valence-corrected chi connectivity index (χ3v) is 5.18. The maximum absolute atomic E-state index is 5.68. The molecule has 1 aromatic rings. The fourth-order valence-corrected chi connectivity index (χ4v) is 4.36. The molecule has 1 heterocycles. The zero-order valence-electron chi connectivity index (χ0n) is 13.5. The topological polar surface area (TPSA) is 21.7 Å². The van der Waals surface area contributed by atoms with Crippen molar-refractivity contribution in [3.63, 3.8) is 0 Å². The lowest BCUT2D eigenvalue weighted by molar-refractivity contribution is 0.111. The van der Waals surface area contributed by atoms with Gasteiger partial charge in [0.25, 0.3) is 0 Å². The zero-order chi connectivity index (χ0) is 14.8. The maximum Gasteiger partial charge on any atom is 0.122 e. The molecule has 0 amide bonds. The summed E-state index contributed by atoms with van der Waals surface area (Å²) in [5.74, 6) is 2.70. The lowest BCUT2D eigenvalue weighted by Crippen LogP contribution is -2.46. The number of likely N-dealkylation sites (tertiary alicyclic amines) is 1. The van der Waals surface area contributed by atoms with E-state index in [0.29, 0.717) is 12.0 Å². The van der Waals surface area contributed by atoms with E-state index >= 15 is 0 Å². The number of methoxy groups -OCH3 is 2. The van der Waals surface area contributed by atoms with Crippen LogP contribution in [-0.2, 0) is 6.42 Å². The van der Waals surface area contributed by atoms with Crippen LogP contribution in [0.4, 0.5) is 0 Å². The summed E-state index contributed by atoms with van der Waals surface area (Å²) < 4.78 is 11.3. The minimum absolute atomic E-state index is 0.610. The number of hydrogen-bond acceptors (Lipinski definition) is 3. The van der Waals surface area contributed by atoms with Crippen LogP contribution in [0.3, 0.4) is 0 Å². The normalized spacial score (nSPS) is 25.1. The van der Waals surface area contributed by atoms with Gasteiger partial charge in [0, 0.05) is 23.1 Å². The van der Waals surface area contributed by atoms with E-state index in [-0.39, 0.29) is 0 Å². The summed E-state index contributed by atoms with van der Waals surface area (Å²) in [4.78, 5) is 2.70. The summed E-state index contributed by atoms with van der Waals surface area (Å²) in [5.41, 5.74) is 2.81. The van der Waals surface area contributed by atoms with E-state index in [4.69, 9.17) is 9.47 Å². The van der Waals surface area contributed by atoms with Gasteiger partial charge >= 0.3 is 0 Å². The van der Waals surface area contributed by atoms with Crippen LogP contribution in [0.2, 0.25) is 0 Å². The number of fused-ring (bicyclic) bond motifs is 3. The summed E-state index contributed by atoms with van der Waals surface area (Å²) in [5, 5.41) is 0. The van der Waals surface area contributed by atoms with Crippen LogP contribution < -0.4 is 9.47 Å². The van der Waals surface area contributed by atoms with E-state index in [0.717, 1.165) is 17.9 Å². The molecule has 116 valence electrons. The van der Waals surface area contributed by atoms with Crippen LogP contribution in [0.25, 0.3) is 0 Å². The van der Waals surface area contributed by atoms with Crippen molar-refractivity contribution in [3.8, 4) is 11.5 Å². The third kappa shape index (κ3) is 2.52. The lowest BCUT2D eigenvalue weighted by atomic mass is 9.73. The van der Waals surface area contributed by atoms with Crippen molar-refractivity contribution in [2.24, 2.45) is 0 Å². The second-order valence-corrected chi connectivity index (χ2v) is 6.25. The van der Waals surface area contributed by atoms with E-state index in [1.807, 2.05) is 0 Å². The van der Waals surface area contributed by atoms with Crippen LogP contribution in [0.15, 0.2) is 12.1 Å². The molecular formula is C18H27NO2. The monoisotopic (exact) mass is 289 g/mol. The molecule has 1 aliphatic carbocycles. The predicted octanol–water partition coefficient (Wildman–Crippen LogP) is 3.61. The number of benzene rings is 1. The van der Waals surface area contributed by atoms with Gasteiger partial charge in [0.2, 0.25) is 0 Å². The summed E-state index contributed by atoms with van der Waals surface area (Å²) in [6.07, 6.45) is 6.17. The average Bonchev–Trinajstić information content (AvgIpc) is 2.54. The van der Waals surface area contributed by atoms with Crippen molar-refractivity contribution in [2.75, 3.05) is 27.3 Å². The van der Waals surface area contributed by atoms with Crippen LogP contribution >= 0.6 is 0 Å². The van der Waals surface area contributed by atoms with E-state index in [2.05, 4.69) is 24.0 Å². The molecule has 0 bridgehead atoms. The summed E-state index contributed by atoms with van der Waals surface area (Å²) in [6, 6.07) is 4.83. The molecule has 1 fully saturated rings. The van der Waals surface area contributed by atoms with Gasteiger partial charge in [-0.3, -0.25) is 4.90 Å². The Morgan fingerprint density at radius 3 is 2.62 bits per heavy atom. The van der Waals surface area contributed by atoms with Crippen molar-refractivity contribution in [2.45, 2.75) is 51.0 Å². The molecule has 3 rings (SSSR count). The minimum atomic E-state index is 0.610. The Bertz CT molecular complexity index is 498. The van der Waals surface area contributed by atoms with Crippen LogP contribution in [0, 0.1) is 0 Å². The van der Waals surface area contributed by atoms with Gasteiger partial charge in [-0.15, -0.1) is 0 Å². The molecule has 0 aromatic heterocycles. The fourth-order valence-electron chi connectivity index (χ4n) is 4.36. The first kappa shape index (κ1) is 14.7. The maximum atomic E-state index is 5.68. The predicted molar refractivity (Wildman–Crippen MR) is 85.5 cm³/mol. The average molecular weight is 289 g/mol. The number of hydrogen-bond donors (Lipinski definition) is 0. The standard InChI is InChI=1S/C18H27NO2/c1-4-11-19-12-5-6-13-15(19)8-7-14-16(20-2)9-10-17(21-3)18(13)14/h9-10,13,15H,4-8,11-12H2,1-3H3/t13-,15+/m1/s1.